The van der Waals surface area contributed by atoms with Crippen LogP contribution in [0.15, 0.2) is 28.9 Å². The van der Waals surface area contributed by atoms with Crippen LogP contribution in [0.4, 0.5) is 0 Å². The molecule has 0 amide bonds. The van der Waals surface area contributed by atoms with Crippen LogP contribution in [0.5, 0.6) is 0 Å². The SMILES string of the molecule is BrC1=N/CN/C=C(/C2CCNCC2)C/C=C\1. The first-order valence-electron chi connectivity index (χ1n) is 5.86. The van der Waals surface area contributed by atoms with Gasteiger partial charge in [-0.05, 0) is 72.0 Å². The predicted octanol–water partition coefficient (Wildman–Crippen LogP) is 2.17. The van der Waals surface area contributed by atoms with Gasteiger partial charge in [0.15, 0.2) is 0 Å². The smallest absolute Gasteiger partial charge is 0.108 e. The number of allylic oxidation sites excluding steroid dienone is 3. The number of halogens is 1. The normalized spacial score (nSPS) is 32.1. The molecule has 3 nitrogen and oxygen atoms in total. The molecule has 0 saturated carbocycles. The van der Waals surface area contributed by atoms with Crippen molar-refractivity contribution in [2.75, 3.05) is 19.8 Å². The maximum Gasteiger partial charge on any atom is 0.108 e. The Morgan fingerprint density at radius 3 is 2.94 bits per heavy atom. The van der Waals surface area contributed by atoms with Gasteiger partial charge in [-0.1, -0.05) is 6.08 Å². The second kappa shape index (κ2) is 6.21. The Hall–Kier alpha value is -0.610. The molecule has 1 fully saturated rings. The first-order valence-corrected chi connectivity index (χ1v) is 6.65. The minimum atomic E-state index is 0.652. The van der Waals surface area contributed by atoms with Gasteiger partial charge in [0.1, 0.15) is 11.3 Å². The molecule has 16 heavy (non-hydrogen) atoms. The van der Waals surface area contributed by atoms with E-state index in [1.165, 1.54) is 18.4 Å². The molecule has 2 heterocycles. The van der Waals surface area contributed by atoms with E-state index in [0.29, 0.717) is 6.67 Å². The molecule has 2 N–H and O–H groups in total. The van der Waals surface area contributed by atoms with Gasteiger partial charge in [-0.15, -0.1) is 0 Å². The molecule has 2 aliphatic heterocycles. The van der Waals surface area contributed by atoms with Crippen LogP contribution in [0, 0.1) is 5.92 Å². The first-order chi connectivity index (χ1) is 7.86. The molecular formula is C12H18BrN3. The van der Waals surface area contributed by atoms with Gasteiger partial charge in [0.2, 0.25) is 0 Å². The standard InChI is InChI=1S/C12H18BrN3/c13-12-3-1-2-11(8-15-9-16-12)10-4-6-14-7-5-10/h1,3,8,10,14-15H,2,4-7,9H2/b3-1-,11-8+,16-12+. The molecule has 0 aromatic rings. The highest BCUT2D eigenvalue weighted by molar-refractivity contribution is 9.18. The van der Waals surface area contributed by atoms with E-state index in [1.54, 1.807) is 0 Å². The Bertz CT molecular complexity index is 314. The summed E-state index contributed by atoms with van der Waals surface area (Å²) in [4.78, 5) is 4.30. The minimum Gasteiger partial charge on any atom is -0.372 e. The van der Waals surface area contributed by atoms with E-state index in [4.69, 9.17) is 0 Å². The zero-order valence-corrected chi connectivity index (χ0v) is 11.0. The lowest BCUT2D eigenvalue weighted by atomic mass is 9.88. The number of piperidine rings is 1. The number of aliphatic imine (C=N–C) groups is 1. The predicted molar refractivity (Wildman–Crippen MR) is 71.8 cm³/mol. The Morgan fingerprint density at radius 1 is 1.31 bits per heavy atom. The third-order valence-electron chi connectivity index (χ3n) is 3.08. The molecule has 4 heteroatoms. The molecule has 0 aromatic heterocycles. The van der Waals surface area contributed by atoms with E-state index >= 15 is 0 Å². The average molecular weight is 284 g/mol. The lowest BCUT2D eigenvalue weighted by Crippen LogP contribution is -2.29. The topological polar surface area (TPSA) is 36.4 Å². The van der Waals surface area contributed by atoms with Crippen molar-refractivity contribution in [3.63, 3.8) is 0 Å². The van der Waals surface area contributed by atoms with Crippen molar-refractivity contribution in [2.24, 2.45) is 10.9 Å². The van der Waals surface area contributed by atoms with Crippen LogP contribution in [0.2, 0.25) is 0 Å². The largest absolute Gasteiger partial charge is 0.372 e. The number of nitrogens with one attached hydrogen (secondary N) is 2. The summed E-state index contributed by atoms with van der Waals surface area (Å²) in [5.41, 5.74) is 1.51. The fourth-order valence-electron chi connectivity index (χ4n) is 2.18. The average Bonchev–Trinajstić information content (AvgIpc) is 2.42. The number of hydrogen-bond acceptors (Lipinski definition) is 3. The number of nitrogens with zero attached hydrogens (tertiary/aromatic N) is 1. The summed E-state index contributed by atoms with van der Waals surface area (Å²) < 4.78 is 0.917. The van der Waals surface area contributed by atoms with Gasteiger partial charge in [0.25, 0.3) is 0 Å². The van der Waals surface area contributed by atoms with Gasteiger partial charge in [-0.25, -0.2) is 0 Å². The third-order valence-corrected chi connectivity index (χ3v) is 3.60. The summed E-state index contributed by atoms with van der Waals surface area (Å²) >= 11 is 3.41. The van der Waals surface area contributed by atoms with E-state index < -0.39 is 0 Å². The molecule has 2 rings (SSSR count). The summed E-state index contributed by atoms with van der Waals surface area (Å²) in [6, 6.07) is 0. The van der Waals surface area contributed by atoms with Crippen molar-refractivity contribution in [1.29, 1.82) is 0 Å². The molecule has 0 spiro atoms. The second-order valence-electron chi connectivity index (χ2n) is 4.19. The molecule has 0 atom stereocenters. The fourth-order valence-corrected chi connectivity index (χ4v) is 2.49. The third kappa shape index (κ3) is 3.46. The zero-order chi connectivity index (χ0) is 11.2. The summed E-state index contributed by atoms with van der Waals surface area (Å²) in [5, 5.41) is 6.67. The maximum absolute atomic E-state index is 4.30. The molecule has 0 bridgehead atoms. The Kier molecular flexibility index (Phi) is 4.60. The van der Waals surface area contributed by atoms with E-state index in [9.17, 15) is 0 Å². The van der Waals surface area contributed by atoms with Crippen molar-refractivity contribution in [1.82, 2.24) is 10.6 Å². The summed E-state index contributed by atoms with van der Waals surface area (Å²) in [7, 11) is 0. The molecule has 2 aliphatic rings. The van der Waals surface area contributed by atoms with Crippen LogP contribution in [-0.2, 0) is 0 Å². The summed E-state index contributed by atoms with van der Waals surface area (Å²) in [6.45, 7) is 2.94. The van der Waals surface area contributed by atoms with Crippen molar-refractivity contribution < 1.29 is 0 Å². The van der Waals surface area contributed by atoms with Crippen LogP contribution in [-0.4, -0.2) is 24.4 Å². The van der Waals surface area contributed by atoms with Gasteiger partial charge < -0.3 is 10.6 Å². The Labute approximate surface area is 105 Å². The highest BCUT2D eigenvalue weighted by Gasteiger charge is 2.16. The Balaban J connectivity index is 2.00. The van der Waals surface area contributed by atoms with Crippen molar-refractivity contribution in [3.05, 3.63) is 23.9 Å². The lowest BCUT2D eigenvalue weighted by molar-refractivity contribution is 0.414. The molecule has 0 unspecified atom stereocenters. The highest BCUT2D eigenvalue weighted by atomic mass is 79.9. The van der Waals surface area contributed by atoms with Crippen LogP contribution >= 0.6 is 15.9 Å². The van der Waals surface area contributed by atoms with E-state index in [0.717, 1.165) is 30.0 Å². The molecule has 0 aromatic carbocycles. The first kappa shape index (κ1) is 11.9. The number of hydrogen-bond donors (Lipinski definition) is 2. The van der Waals surface area contributed by atoms with Gasteiger partial charge >= 0.3 is 0 Å². The van der Waals surface area contributed by atoms with Crippen molar-refractivity contribution in [3.8, 4) is 0 Å². The highest BCUT2D eigenvalue weighted by Crippen LogP contribution is 2.24. The van der Waals surface area contributed by atoms with E-state index in [2.05, 4.69) is 43.8 Å². The van der Waals surface area contributed by atoms with Crippen LogP contribution in [0.1, 0.15) is 19.3 Å². The lowest BCUT2D eigenvalue weighted by Gasteiger charge is -2.24. The zero-order valence-electron chi connectivity index (χ0n) is 9.38. The fraction of sp³-hybridized carbons (Fsp3) is 0.583. The molecule has 0 aliphatic carbocycles. The van der Waals surface area contributed by atoms with Crippen molar-refractivity contribution >= 4 is 20.6 Å². The minimum absolute atomic E-state index is 0.652. The molecular weight excluding hydrogens is 266 g/mol. The summed E-state index contributed by atoms with van der Waals surface area (Å²) in [6.07, 6.45) is 9.93. The van der Waals surface area contributed by atoms with Crippen LogP contribution < -0.4 is 10.6 Å². The second-order valence-corrected chi connectivity index (χ2v) is 5.01. The van der Waals surface area contributed by atoms with Crippen molar-refractivity contribution in [2.45, 2.75) is 19.3 Å². The summed E-state index contributed by atoms with van der Waals surface area (Å²) in [5.74, 6) is 0.732. The van der Waals surface area contributed by atoms with Gasteiger partial charge in [-0.2, -0.15) is 0 Å². The molecule has 88 valence electrons. The van der Waals surface area contributed by atoms with Crippen LogP contribution in [0.3, 0.4) is 0 Å². The van der Waals surface area contributed by atoms with Gasteiger partial charge in [0.05, 0.1) is 0 Å². The quantitative estimate of drug-likeness (QED) is 0.774. The Morgan fingerprint density at radius 2 is 2.12 bits per heavy atom. The van der Waals surface area contributed by atoms with E-state index in [-0.39, 0.29) is 0 Å². The molecule has 1 saturated heterocycles. The van der Waals surface area contributed by atoms with Crippen LogP contribution in [0.25, 0.3) is 0 Å². The maximum atomic E-state index is 4.30. The van der Waals surface area contributed by atoms with E-state index in [1.807, 2.05) is 6.08 Å². The monoisotopic (exact) mass is 283 g/mol. The molecule has 0 radical (unpaired) electrons. The number of rotatable bonds is 1. The van der Waals surface area contributed by atoms with Gasteiger partial charge in [0, 0.05) is 0 Å². The van der Waals surface area contributed by atoms with Gasteiger partial charge in [-0.3, -0.25) is 4.99 Å².